The lowest BCUT2D eigenvalue weighted by Crippen LogP contribution is -2.26. The van der Waals surface area contributed by atoms with Crippen molar-refractivity contribution in [2.24, 2.45) is 0 Å². The highest BCUT2D eigenvalue weighted by Gasteiger charge is 2.18. The van der Waals surface area contributed by atoms with Crippen molar-refractivity contribution in [3.8, 4) is 27.3 Å². The van der Waals surface area contributed by atoms with E-state index in [1.807, 2.05) is 66.7 Å². The topological polar surface area (TPSA) is 72.8 Å². The van der Waals surface area contributed by atoms with Gasteiger partial charge in [0.2, 0.25) is 0 Å². The van der Waals surface area contributed by atoms with Gasteiger partial charge < -0.3 is 14.6 Å². The molecule has 1 atom stereocenters. The van der Waals surface area contributed by atoms with Gasteiger partial charge in [0, 0.05) is 23.5 Å². The molecule has 0 spiro atoms. The maximum absolute atomic E-state index is 11.6. The maximum atomic E-state index is 11.6. The van der Waals surface area contributed by atoms with E-state index in [2.05, 4.69) is 18.2 Å². The minimum absolute atomic E-state index is 0.0502. The minimum Gasteiger partial charge on any atom is -0.488 e. The van der Waals surface area contributed by atoms with Crippen LogP contribution in [-0.2, 0) is 22.6 Å². The van der Waals surface area contributed by atoms with Crippen LogP contribution in [0.1, 0.15) is 34.6 Å². The van der Waals surface area contributed by atoms with Gasteiger partial charge in [0.05, 0.1) is 4.88 Å². The number of hydrogen-bond donors (Lipinski definition) is 1. The van der Waals surface area contributed by atoms with E-state index in [1.54, 1.807) is 25.2 Å². The third kappa shape index (κ3) is 6.27. The van der Waals surface area contributed by atoms with Gasteiger partial charge in [-0.1, -0.05) is 66.7 Å². The molecule has 5 nitrogen and oxygen atoms in total. The first-order chi connectivity index (χ1) is 17.4. The number of carboxylic acid groups (broad SMARTS) is 1. The van der Waals surface area contributed by atoms with Gasteiger partial charge in [0.25, 0.3) is 0 Å². The van der Waals surface area contributed by atoms with Gasteiger partial charge in [-0.15, -0.1) is 11.3 Å². The van der Waals surface area contributed by atoms with Gasteiger partial charge in [0.15, 0.2) is 11.9 Å². The Kier molecular flexibility index (Phi) is 8.31. The van der Waals surface area contributed by atoms with Crippen LogP contribution in [0.5, 0.6) is 5.75 Å². The Hall–Kier alpha value is -3.74. The standard InChI is InChI=1S/C30H28O5S/c1-3-34-27(30(32)33)17-21-9-15-25(16-10-21)35-19-29-26(23-7-5-4-6-8-23)18-28(36-29)24-13-11-22(12-14-24)20(2)31/h4-16,18,27H,3,17,19H2,1-2H3,(H,32,33)/t27-/m0/s1. The molecule has 3 aromatic carbocycles. The number of aliphatic carboxylic acids is 1. The summed E-state index contributed by atoms with van der Waals surface area (Å²) >= 11 is 1.67. The van der Waals surface area contributed by atoms with E-state index in [0.717, 1.165) is 32.0 Å². The number of ketones is 1. The van der Waals surface area contributed by atoms with Crippen LogP contribution in [0.25, 0.3) is 21.6 Å². The summed E-state index contributed by atoms with van der Waals surface area (Å²) in [5, 5.41) is 9.31. The zero-order valence-corrected chi connectivity index (χ0v) is 21.1. The molecule has 1 N–H and O–H groups in total. The van der Waals surface area contributed by atoms with E-state index in [0.29, 0.717) is 30.9 Å². The summed E-state index contributed by atoms with van der Waals surface area (Å²) in [5.41, 5.74) is 4.86. The second kappa shape index (κ2) is 11.8. The van der Waals surface area contributed by atoms with Gasteiger partial charge >= 0.3 is 5.97 Å². The Morgan fingerprint density at radius 2 is 1.61 bits per heavy atom. The molecule has 1 heterocycles. The number of carbonyl (C=O) groups is 2. The van der Waals surface area contributed by atoms with Crippen molar-refractivity contribution in [1.82, 2.24) is 0 Å². The molecule has 0 saturated carbocycles. The van der Waals surface area contributed by atoms with E-state index in [9.17, 15) is 14.7 Å². The molecule has 0 bridgehead atoms. The first-order valence-corrected chi connectivity index (χ1v) is 12.6. The number of benzene rings is 3. The normalized spacial score (nSPS) is 11.7. The van der Waals surface area contributed by atoms with Crippen LogP contribution in [0.3, 0.4) is 0 Å². The Bertz CT molecular complexity index is 1310. The fourth-order valence-electron chi connectivity index (χ4n) is 3.91. The number of carbonyl (C=O) groups excluding carboxylic acids is 1. The van der Waals surface area contributed by atoms with Crippen LogP contribution >= 0.6 is 11.3 Å². The van der Waals surface area contributed by atoms with E-state index in [-0.39, 0.29) is 5.78 Å². The van der Waals surface area contributed by atoms with E-state index < -0.39 is 12.1 Å². The monoisotopic (exact) mass is 500 g/mol. The van der Waals surface area contributed by atoms with Crippen molar-refractivity contribution >= 4 is 23.1 Å². The summed E-state index contributed by atoms with van der Waals surface area (Å²) in [4.78, 5) is 25.2. The molecule has 4 rings (SSSR count). The molecule has 0 amide bonds. The van der Waals surface area contributed by atoms with Crippen LogP contribution in [-0.4, -0.2) is 29.6 Å². The number of carboxylic acids is 1. The van der Waals surface area contributed by atoms with Crippen molar-refractivity contribution in [3.63, 3.8) is 0 Å². The van der Waals surface area contributed by atoms with Crippen LogP contribution in [0.4, 0.5) is 0 Å². The molecule has 0 unspecified atom stereocenters. The van der Waals surface area contributed by atoms with Gasteiger partial charge in [-0.2, -0.15) is 0 Å². The molecule has 0 fully saturated rings. The van der Waals surface area contributed by atoms with Crippen molar-refractivity contribution in [1.29, 1.82) is 0 Å². The third-order valence-corrected chi connectivity index (χ3v) is 6.99. The van der Waals surface area contributed by atoms with Crippen molar-refractivity contribution in [3.05, 3.63) is 101 Å². The zero-order valence-electron chi connectivity index (χ0n) is 20.3. The Labute approximate surface area is 215 Å². The molecule has 1 aromatic heterocycles. The minimum atomic E-state index is -0.963. The van der Waals surface area contributed by atoms with Gasteiger partial charge in [0.1, 0.15) is 12.4 Å². The molecule has 0 radical (unpaired) electrons. The molecular weight excluding hydrogens is 472 g/mol. The Morgan fingerprint density at radius 3 is 2.22 bits per heavy atom. The molecule has 0 aliphatic rings. The summed E-state index contributed by atoms with van der Waals surface area (Å²) in [6.45, 7) is 4.11. The van der Waals surface area contributed by atoms with Gasteiger partial charge in [-0.3, -0.25) is 4.79 Å². The largest absolute Gasteiger partial charge is 0.488 e. The Balaban J connectivity index is 1.53. The number of hydrogen-bond acceptors (Lipinski definition) is 5. The lowest BCUT2D eigenvalue weighted by molar-refractivity contribution is -0.149. The first kappa shape index (κ1) is 25.4. The summed E-state index contributed by atoms with van der Waals surface area (Å²) in [7, 11) is 0. The highest BCUT2D eigenvalue weighted by Crippen LogP contribution is 2.38. The third-order valence-electron chi connectivity index (χ3n) is 5.83. The van der Waals surface area contributed by atoms with E-state index in [1.165, 1.54) is 0 Å². The lowest BCUT2D eigenvalue weighted by atomic mass is 10.0. The highest BCUT2D eigenvalue weighted by molar-refractivity contribution is 7.16. The summed E-state index contributed by atoms with van der Waals surface area (Å²) in [6.07, 6.45) is -0.553. The highest BCUT2D eigenvalue weighted by atomic mass is 32.1. The van der Waals surface area contributed by atoms with Crippen molar-refractivity contribution in [2.75, 3.05) is 6.61 Å². The predicted molar refractivity (Wildman–Crippen MR) is 143 cm³/mol. The summed E-state index contributed by atoms with van der Waals surface area (Å²) in [6, 6.07) is 27.5. The van der Waals surface area contributed by atoms with Gasteiger partial charge in [-0.05, 0) is 54.3 Å². The maximum Gasteiger partial charge on any atom is 0.333 e. The quantitative estimate of drug-likeness (QED) is 0.227. The average molecular weight is 501 g/mol. The van der Waals surface area contributed by atoms with Crippen LogP contribution in [0.15, 0.2) is 84.9 Å². The smallest absolute Gasteiger partial charge is 0.333 e. The first-order valence-electron chi connectivity index (χ1n) is 11.8. The Morgan fingerprint density at radius 1 is 0.917 bits per heavy atom. The molecule has 36 heavy (non-hydrogen) atoms. The zero-order chi connectivity index (χ0) is 25.5. The second-order valence-electron chi connectivity index (χ2n) is 8.37. The fraction of sp³-hybridized carbons (Fsp3) is 0.200. The SMILES string of the molecule is CCO[C@@H](Cc1ccc(OCc2sc(-c3ccc(C(C)=O)cc3)cc2-c2ccccc2)cc1)C(=O)O. The lowest BCUT2D eigenvalue weighted by Gasteiger charge is -2.13. The molecule has 0 aliphatic heterocycles. The van der Waals surface area contributed by atoms with Crippen LogP contribution in [0, 0.1) is 0 Å². The molecule has 6 heteroatoms. The van der Waals surface area contributed by atoms with Crippen molar-refractivity contribution < 1.29 is 24.2 Å². The number of thiophene rings is 1. The van der Waals surface area contributed by atoms with E-state index in [4.69, 9.17) is 9.47 Å². The fourth-order valence-corrected chi connectivity index (χ4v) is 5.01. The van der Waals surface area contributed by atoms with Crippen LogP contribution in [0.2, 0.25) is 0 Å². The molecule has 184 valence electrons. The summed E-state index contributed by atoms with van der Waals surface area (Å²) < 4.78 is 11.4. The molecular formula is C30H28O5S. The van der Waals surface area contributed by atoms with Gasteiger partial charge in [-0.25, -0.2) is 4.79 Å². The second-order valence-corrected chi connectivity index (χ2v) is 9.50. The molecule has 4 aromatic rings. The summed E-state index contributed by atoms with van der Waals surface area (Å²) in [5.74, 6) is -0.203. The number of Topliss-reactive ketones (excluding diaryl/α,β-unsaturated/α-hetero) is 1. The molecule has 0 aliphatic carbocycles. The van der Waals surface area contributed by atoms with Crippen molar-refractivity contribution in [2.45, 2.75) is 33.0 Å². The van der Waals surface area contributed by atoms with E-state index >= 15 is 0 Å². The van der Waals surface area contributed by atoms with Crippen LogP contribution < -0.4 is 4.74 Å². The number of ether oxygens (including phenoxy) is 2. The molecule has 0 saturated heterocycles. The average Bonchev–Trinajstić information content (AvgIpc) is 3.33. The number of rotatable bonds is 11. The predicted octanol–water partition coefficient (Wildman–Crippen LogP) is 6.90.